The standard InChI is InChI=1S/C23H21N5O3/c1-14-6-7-15(19-26-21(31-27-19)23-11-22(2,12-23)30-13-23)9-16(14)25-20(29)17-10-24-18-5-3-4-8-28(17)18/h3-10H,11-13H2,1-2H3,(H,25,29). The maximum Gasteiger partial charge on any atom is 0.274 e. The Hall–Kier alpha value is -3.52. The minimum Gasteiger partial charge on any atom is -0.374 e. The Morgan fingerprint density at radius 2 is 2.10 bits per heavy atom. The van der Waals surface area contributed by atoms with Crippen LogP contribution in [0.25, 0.3) is 17.0 Å². The molecular formula is C23H21N5O3. The van der Waals surface area contributed by atoms with Crippen molar-refractivity contribution in [3.63, 3.8) is 0 Å². The molecule has 1 N–H and O–H groups in total. The maximum atomic E-state index is 12.9. The van der Waals surface area contributed by atoms with Gasteiger partial charge in [-0.2, -0.15) is 4.98 Å². The van der Waals surface area contributed by atoms with Crippen LogP contribution in [-0.2, 0) is 10.2 Å². The lowest BCUT2D eigenvalue weighted by Crippen LogP contribution is -2.45. The SMILES string of the molecule is Cc1ccc(-c2noc(C34COC(C)(C3)C4)n2)cc1NC(=O)c1cnc2ccccn12. The van der Waals surface area contributed by atoms with E-state index in [2.05, 4.69) is 27.4 Å². The highest BCUT2D eigenvalue weighted by atomic mass is 16.5. The highest BCUT2D eigenvalue weighted by Crippen LogP contribution is 2.58. The molecule has 3 aliphatic rings. The summed E-state index contributed by atoms with van der Waals surface area (Å²) < 4.78 is 13.2. The molecule has 0 radical (unpaired) electrons. The number of carbonyl (C=O) groups excluding carboxylic acids is 1. The van der Waals surface area contributed by atoms with Gasteiger partial charge in [-0.15, -0.1) is 0 Å². The molecule has 3 fully saturated rings. The van der Waals surface area contributed by atoms with Crippen LogP contribution in [0.5, 0.6) is 0 Å². The summed E-state index contributed by atoms with van der Waals surface area (Å²) in [7, 11) is 0. The Morgan fingerprint density at radius 3 is 2.90 bits per heavy atom. The van der Waals surface area contributed by atoms with Gasteiger partial charge in [0, 0.05) is 17.4 Å². The third-order valence-corrected chi connectivity index (χ3v) is 6.39. The summed E-state index contributed by atoms with van der Waals surface area (Å²) in [5, 5.41) is 7.19. The molecule has 0 atom stereocenters. The first kappa shape index (κ1) is 18.3. The number of nitrogens with one attached hydrogen (secondary N) is 1. The van der Waals surface area contributed by atoms with E-state index in [1.165, 1.54) is 0 Å². The number of fused-ring (bicyclic) bond motifs is 2. The Morgan fingerprint density at radius 1 is 1.23 bits per heavy atom. The van der Waals surface area contributed by atoms with Gasteiger partial charge in [0.05, 0.1) is 23.8 Å². The monoisotopic (exact) mass is 415 g/mol. The Kier molecular flexibility index (Phi) is 3.68. The fraction of sp³-hybridized carbons (Fsp3) is 0.304. The van der Waals surface area contributed by atoms with E-state index in [1.54, 1.807) is 10.6 Å². The first-order valence-electron chi connectivity index (χ1n) is 10.3. The summed E-state index contributed by atoms with van der Waals surface area (Å²) in [6.45, 7) is 4.69. The third-order valence-electron chi connectivity index (χ3n) is 6.39. The predicted octanol–water partition coefficient (Wildman–Crippen LogP) is 3.77. The average Bonchev–Trinajstić information content (AvgIpc) is 3.50. The van der Waals surface area contributed by atoms with Crippen LogP contribution in [0.2, 0.25) is 0 Å². The van der Waals surface area contributed by atoms with Gasteiger partial charge in [-0.05, 0) is 50.5 Å². The molecule has 1 aromatic carbocycles. The molecule has 0 spiro atoms. The summed E-state index contributed by atoms with van der Waals surface area (Å²) in [6.07, 6.45) is 5.22. The maximum absolute atomic E-state index is 12.9. The molecular weight excluding hydrogens is 394 g/mol. The molecule has 7 rings (SSSR count). The molecule has 3 aromatic heterocycles. The third kappa shape index (κ3) is 2.79. The van der Waals surface area contributed by atoms with Crippen molar-refractivity contribution in [2.75, 3.05) is 11.9 Å². The van der Waals surface area contributed by atoms with Crippen molar-refractivity contribution in [2.24, 2.45) is 0 Å². The zero-order valence-electron chi connectivity index (χ0n) is 17.3. The topological polar surface area (TPSA) is 94.5 Å². The fourth-order valence-corrected chi connectivity index (χ4v) is 4.85. The van der Waals surface area contributed by atoms with Crippen LogP contribution < -0.4 is 5.32 Å². The van der Waals surface area contributed by atoms with E-state index in [4.69, 9.17) is 9.26 Å². The van der Waals surface area contributed by atoms with Crippen LogP contribution in [0.1, 0.15) is 41.7 Å². The van der Waals surface area contributed by atoms with Crippen molar-refractivity contribution in [1.29, 1.82) is 0 Å². The van der Waals surface area contributed by atoms with E-state index >= 15 is 0 Å². The van der Waals surface area contributed by atoms with Crippen molar-refractivity contribution < 1.29 is 14.1 Å². The number of rotatable bonds is 4. The summed E-state index contributed by atoms with van der Waals surface area (Å²) in [6, 6.07) is 11.4. The Bertz CT molecular complexity index is 1330. The number of hydrogen-bond donors (Lipinski definition) is 1. The van der Waals surface area contributed by atoms with E-state index < -0.39 is 0 Å². The zero-order valence-corrected chi connectivity index (χ0v) is 17.3. The van der Waals surface area contributed by atoms with E-state index in [9.17, 15) is 4.79 Å². The van der Waals surface area contributed by atoms with E-state index in [-0.39, 0.29) is 16.9 Å². The van der Waals surface area contributed by atoms with Crippen molar-refractivity contribution in [2.45, 2.75) is 37.7 Å². The number of aryl methyl sites for hydroxylation is 1. The Labute approximate surface area is 178 Å². The number of amides is 1. The molecule has 1 saturated carbocycles. The smallest absolute Gasteiger partial charge is 0.274 e. The van der Waals surface area contributed by atoms with Crippen LogP contribution >= 0.6 is 0 Å². The molecule has 5 heterocycles. The number of ether oxygens (including phenoxy) is 1. The second-order valence-corrected chi connectivity index (χ2v) is 8.85. The van der Waals surface area contributed by atoms with Gasteiger partial charge in [-0.3, -0.25) is 9.20 Å². The number of anilines is 1. The molecule has 4 aromatic rings. The second kappa shape index (κ2) is 6.24. The normalized spacial score (nSPS) is 24.3. The minimum atomic E-state index is -0.233. The number of aromatic nitrogens is 4. The van der Waals surface area contributed by atoms with Crippen molar-refractivity contribution in [3.8, 4) is 11.4 Å². The number of imidazole rings is 1. The van der Waals surface area contributed by atoms with E-state index in [0.717, 1.165) is 29.6 Å². The highest BCUT2D eigenvalue weighted by molar-refractivity contribution is 6.04. The van der Waals surface area contributed by atoms with Crippen LogP contribution in [0.3, 0.4) is 0 Å². The van der Waals surface area contributed by atoms with Crippen molar-refractivity contribution in [3.05, 3.63) is 65.9 Å². The zero-order chi connectivity index (χ0) is 21.2. The van der Waals surface area contributed by atoms with Gasteiger partial charge in [-0.1, -0.05) is 23.4 Å². The summed E-state index contributed by atoms with van der Waals surface area (Å²) in [4.78, 5) is 21.9. The van der Waals surface area contributed by atoms with Gasteiger partial charge in [0.25, 0.3) is 5.91 Å². The molecule has 8 heteroatoms. The summed E-state index contributed by atoms with van der Waals surface area (Å²) in [5.74, 6) is 0.910. The van der Waals surface area contributed by atoms with Crippen molar-refractivity contribution in [1.82, 2.24) is 19.5 Å². The first-order chi connectivity index (χ1) is 14.9. The molecule has 2 aliphatic heterocycles. The van der Waals surface area contributed by atoms with Crippen LogP contribution in [-0.4, -0.2) is 37.6 Å². The molecule has 1 amide bonds. The van der Waals surface area contributed by atoms with Gasteiger partial charge in [0.2, 0.25) is 11.7 Å². The molecule has 2 bridgehead atoms. The van der Waals surface area contributed by atoms with E-state index in [1.807, 2.05) is 49.5 Å². The van der Waals surface area contributed by atoms with Gasteiger partial charge in [-0.25, -0.2) is 4.98 Å². The quantitative estimate of drug-likeness (QED) is 0.545. The second-order valence-electron chi connectivity index (χ2n) is 8.85. The predicted molar refractivity (Wildman–Crippen MR) is 113 cm³/mol. The highest BCUT2D eigenvalue weighted by Gasteiger charge is 2.63. The largest absolute Gasteiger partial charge is 0.374 e. The Balaban J connectivity index is 1.28. The van der Waals surface area contributed by atoms with Crippen LogP contribution in [0.4, 0.5) is 5.69 Å². The van der Waals surface area contributed by atoms with Crippen LogP contribution in [0, 0.1) is 6.92 Å². The number of pyridine rings is 1. The molecule has 0 unspecified atom stereocenters. The molecule has 156 valence electrons. The lowest BCUT2D eigenvalue weighted by molar-refractivity contribution is 0.0122. The fourth-order valence-electron chi connectivity index (χ4n) is 4.85. The molecule has 31 heavy (non-hydrogen) atoms. The van der Waals surface area contributed by atoms with Gasteiger partial charge in [0.1, 0.15) is 11.3 Å². The van der Waals surface area contributed by atoms with Gasteiger partial charge >= 0.3 is 0 Å². The van der Waals surface area contributed by atoms with Crippen LogP contribution in [0.15, 0.2) is 53.3 Å². The average molecular weight is 415 g/mol. The van der Waals surface area contributed by atoms with Crippen molar-refractivity contribution >= 4 is 17.2 Å². The molecule has 2 saturated heterocycles. The van der Waals surface area contributed by atoms with Gasteiger partial charge < -0.3 is 14.6 Å². The van der Waals surface area contributed by atoms with Gasteiger partial charge in [0.15, 0.2) is 0 Å². The summed E-state index contributed by atoms with van der Waals surface area (Å²) in [5.41, 5.74) is 3.41. The lowest BCUT2D eigenvalue weighted by Gasteiger charge is -2.39. The number of nitrogens with zero attached hydrogens (tertiary/aromatic N) is 4. The molecule has 8 nitrogen and oxygen atoms in total. The first-order valence-corrected chi connectivity index (χ1v) is 10.3. The number of benzene rings is 1. The van der Waals surface area contributed by atoms with E-state index in [0.29, 0.717) is 29.7 Å². The minimum absolute atomic E-state index is 0.0478. The summed E-state index contributed by atoms with van der Waals surface area (Å²) >= 11 is 0. The number of carbonyl (C=O) groups is 1. The lowest BCUT2D eigenvalue weighted by atomic mass is 9.63. The molecule has 1 aliphatic carbocycles. The number of hydrogen-bond acceptors (Lipinski definition) is 6.